The lowest BCUT2D eigenvalue weighted by Gasteiger charge is -2.17. The third-order valence-corrected chi connectivity index (χ3v) is 4.50. The van der Waals surface area contributed by atoms with Gasteiger partial charge in [-0.2, -0.15) is 0 Å². The van der Waals surface area contributed by atoms with Gasteiger partial charge in [0.1, 0.15) is 11.5 Å². The molecule has 0 radical (unpaired) electrons. The first kappa shape index (κ1) is 21.2. The maximum absolute atomic E-state index is 11.7. The lowest BCUT2D eigenvalue weighted by atomic mass is 9.91. The van der Waals surface area contributed by atoms with Crippen molar-refractivity contribution in [2.24, 2.45) is 0 Å². The van der Waals surface area contributed by atoms with Crippen LogP contribution in [-0.4, -0.2) is 11.9 Å². The number of hydrogen-bond acceptors (Lipinski definition) is 4. The third kappa shape index (κ3) is 4.97. The minimum absolute atomic E-state index is 0.120. The Labute approximate surface area is 166 Å². The topological polar surface area (TPSA) is 52.6 Å². The van der Waals surface area contributed by atoms with E-state index in [0.29, 0.717) is 22.6 Å². The summed E-state index contributed by atoms with van der Waals surface area (Å²) in [6, 6.07) is 11.5. The van der Waals surface area contributed by atoms with Crippen LogP contribution in [-0.2, 0) is 9.59 Å². The Hall–Kier alpha value is -3.14. The van der Waals surface area contributed by atoms with E-state index >= 15 is 0 Å². The van der Waals surface area contributed by atoms with Gasteiger partial charge >= 0.3 is 11.9 Å². The van der Waals surface area contributed by atoms with Crippen LogP contribution in [0.5, 0.6) is 11.5 Å². The predicted octanol–water partition coefficient (Wildman–Crippen LogP) is 5.42. The van der Waals surface area contributed by atoms with Gasteiger partial charge in [0.05, 0.1) is 0 Å². The Morgan fingerprint density at radius 2 is 1.14 bits per heavy atom. The van der Waals surface area contributed by atoms with E-state index in [1.54, 1.807) is 26.0 Å². The zero-order valence-electron chi connectivity index (χ0n) is 17.1. The van der Waals surface area contributed by atoms with Crippen LogP contribution in [0.1, 0.15) is 48.9 Å². The molecule has 0 aliphatic heterocycles. The van der Waals surface area contributed by atoms with Crippen LogP contribution in [0.4, 0.5) is 0 Å². The van der Waals surface area contributed by atoms with Crippen LogP contribution in [0.3, 0.4) is 0 Å². The van der Waals surface area contributed by atoms with Gasteiger partial charge in [-0.15, -0.1) is 0 Å². The molecule has 2 rings (SSSR count). The smallest absolute Gasteiger partial charge is 0.338 e. The Morgan fingerprint density at radius 3 is 1.43 bits per heavy atom. The second kappa shape index (κ2) is 8.70. The highest BCUT2D eigenvalue weighted by Gasteiger charge is 2.15. The molecule has 0 N–H and O–H groups in total. The van der Waals surface area contributed by atoms with Crippen molar-refractivity contribution in [2.75, 3.05) is 0 Å². The van der Waals surface area contributed by atoms with Crippen LogP contribution in [0, 0.1) is 13.8 Å². The maximum Gasteiger partial charge on any atom is 0.338 e. The van der Waals surface area contributed by atoms with Crippen molar-refractivity contribution in [3.8, 4) is 11.5 Å². The van der Waals surface area contributed by atoms with E-state index in [1.165, 1.54) is 0 Å². The van der Waals surface area contributed by atoms with E-state index in [-0.39, 0.29) is 5.92 Å². The van der Waals surface area contributed by atoms with Gasteiger partial charge in [-0.25, -0.2) is 9.59 Å². The van der Waals surface area contributed by atoms with Gasteiger partial charge in [-0.3, -0.25) is 0 Å². The second-order valence-corrected chi connectivity index (χ2v) is 7.11. The summed E-state index contributed by atoms with van der Waals surface area (Å²) >= 11 is 0. The lowest BCUT2D eigenvalue weighted by molar-refractivity contribution is -0.131. The molecule has 4 heteroatoms. The van der Waals surface area contributed by atoms with Crippen LogP contribution >= 0.6 is 0 Å². The Morgan fingerprint density at radius 1 is 0.786 bits per heavy atom. The number of ether oxygens (including phenoxy) is 2. The Bertz CT molecular complexity index is 876. The summed E-state index contributed by atoms with van der Waals surface area (Å²) in [6.07, 6.45) is 0. The number of rotatable bonds is 6. The highest BCUT2D eigenvalue weighted by atomic mass is 16.5. The van der Waals surface area contributed by atoms with Crippen LogP contribution in [0.2, 0.25) is 0 Å². The average molecular weight is 378 g/mol. The first-order valence-electron chi connectivity index (χ1n) is 9.06. The van der Waals surface area contributed by atoms with Crippen molar-refractivity contribution in [3.05, 3.63) is 83.0 Å². The van der Waals surface area contributed by atoms with Crippen molar-refractivity contribution in [1.29, 1.82) is 0 Å². The molecule has 4 nitrogen and oxygen atoms in total. The molecule has 0 heterocycles. The van der Waals surface area contributed by atoms with Crippen molar-refractivity contribution in [1.82, 2.24) is 0 Å². The summed E-state index contributed by atoms with van der Waals surface area (Å²) < 4.78 is 10.7. The minimum Gasteiger partial charge on any atom is -0.423 e. The number of carbonyl (C=O) groups is 2. The SMILES string of the molecule is C=C(C)C(=O)Oc1ccc(C(C)c2ccc(OC(=O)C(=C)C)c(C)c2)cc1C. The minimum atomic E-state index is -0.431. The van der Waals surface area contributed by atoms with E-state index in [0.717, 1.165) is 22.3 Å². The molecule has 0 atom stereocenters. The number of carbonyl (C=O) groups excluding carboxylic acids is 2. The summed E-state index contributed by atoms with van der Waals surface area (Å²) in [7, 11) is 0. The molecule has 2 aromatic rings. The number of esters is 2. The fourth-order valence-corrected chi connectivity index (χ4v) is 2.68. The molecule has 0 saturated carbocycles. The van der Waals surface area contributed by atoms with Crippen molar-refractivity contribution >= 4 is 11.9 Å². The molecule has 0 saturated heterocycles. The van der Waals surface area contributed by atoms with Gasteiger partial charge in [0.25, 0.3) is 0 Å². The normalized spacial score (nSPS) is 10.5. The van der Waals surface area contributed by atoms with Crippen LogP contribution in [0.25, 0.3) is 0 Å². The van der Waals surface area contributed by atoms with Gasteiger partial charge in [0.2, 0.25) is 0 Å². The number of aryl methyl sites for hydroxylation is 2. The highest BCUT2D eigenvalue weighted by Crippen LogP contribution is 2.31. The second-order valence-electron chi connectivity index (χ2n) is 7.11. The van der Waals surface area contributed by atoms with E-state index in [2.05, 4.69) is 20.1 Å². The van der Waals surface area contributed by atoms with Gasteiger partial charge in [-0.1, -0.05) is 44.3 Å². The van der Waals surface area contributed by atoms with Gasteiger partial charge < -0.3 is 9.47 Å². The largest absolute Gasteiger partial charge is 0.423 e. The molecule has 0 spiro atoms. The molecule has 0 aliphatic rings. The molecule has 0 amide bonds. The summed E-state index contributed by atoms with van der Waals surface area (Å²) in [6.45, 7) is 16.3. The third-order valence-electron chi connectivity index (χ3n) is 4.50. The molecular formula is C24H26O4. The van der Waals surface area contributed by atoms with Gasteiger partial charge in [0.15, 0.2) is 0 Å². The van der Waals surface area contributed by atoms with Crippen LogP contribution in [0.15, 0.2) is 60.7 Å². The van der Waals surface area contributed by atoms with E-state index in [4.69, 9.17) is 9.47 Å². The molecule has 0 aliphatic carbocycles. The standard InChI is InChI=1S/C24H26O4/c1-14(2)23(25)27-21-10-8-19(12-16(21)5)18(7)20-9-11-22(17(6)13-20)28-24(26)15(3)4/h8-13,18H,1,3H2,2,4-7H3. The van der Waals surface area contributed by atoms with E-state index in [1.807, 2.05) is 38.1 Å². The van der Waals surface area contributed by atoms with E-state index in [9.17, 15) is 9.59 Å². The zero-order chi connectivity index (χ0) is 21.0. The molecule has 0 aromatic heterocycles. The number of hydrogen-bond donors (Lipinski definition) is 0. The van der Waals surface area contributed by atoms with Crippen LogP contribution < -0.4 is 9.47 Å². The van der Waals surface area contributed by atoms with E-state index < -0.39 is 11.9 Å². The molecular weight excluding hydrogens is 352 g/mol. The van der Waals surface area contributed by atoms with Gasteiger partial charge in [-0.05, 0) is 62.1 Å². The maximum atomic E-state index is 11.7. The predicted molar refractivity (Wildman–Crippen MR) is 111 cm³/mol. The Kier molecular flexibility index (Phi) is 6.57. The average Bonchev–Trinajstić information content (AvgIpc) is 2.63. The summed E-state index contributed by atoms with van der Waals surface area (Å²) in [4.78, 5) is 23.5. The summed E-state index contributed by atoms with van der Waals surface area (Å²) in [5, 5.41) is 0. The zero-order valence-corrected chi connectivity index (χ0v) is 17.1. The van der Waals surface area contributed by atoms with Crippen molar-refractivity contribution in [3.63, 3.8) is 0 Å². The number of benzene rings is 2. The quantitative estimate of drug-likeness (QED) is 0.383. The molecule has 0 fully saturated rings. The lowest BCUT2D eigenvalue weighted by Crippen LogP contribution is -2.10. The van der Waals surface area contributed by atoms with Crippen molar-refractivity contribution < 1.29 is 19.1 Å². The summed E-state index contributed by atoms with van der Waals surface area (Å²) in [5.41, 5.74) is 4.67. The molecule has 146 valence electrons. The molecule has 28 heavy (non-hydrogen) atoms. The first-order chi connectivity index (χ1) is 13.1. The first-order valence-corrected chi connectivity index (χ1v) is 9.06. The van der Waals surface area contributed by atoms with Gasteiger partial charge in [0, 0.05) is 17.1 Å². The molecule has 2 aromatic carbocycles. The van der Waals surface area contributed by atoms with Crippen molar-refractivity contribution in [2.45, 2.75) is 40.5 Å². The molecule has 0 bridgehead atoms. The Balaban J connectivity index is 2.22. The fourth-order valence-electron chi connectivity index (χ4n) is 2.68. The monoisotopic (exact) mass is 378 g/mol. The summed E-state index contributed by atoms with van der Waals surface area (Å²) in [5.74, 6) is 0.317. The highest BCUT2D eigenvalue weighted by molar-refractivity contribution is 5.89. The molecule has 0 unspecified atom stereocenters. The fraction of sp³-hybridized carbons (Fsp3) is 0.250.